The Hall–Kier alpha value is -0.151. The minimum Gasteiger partial charge on any atom is -0.876 e. The molecule has 6 nitrogen and oxygen atoms in total. The maximum absolute atomic E-state index is 10.7. The quantitative estimate of drug-likeness (QED) is 0.142. The summed E-state index contributed by atoms with van der Waals surface area (Å²) in [6.45, 7) is 18.8. The van der Waals surface area contributed by atoms with Crippen LogP contribution in [0.1, 0.15) is 40.5 Å². The van der Waals surface area contributed by atoms with Crippen molar-refractivity contribution in [3.05, 3.63) is 23.7 Å². The molecule has 0 bridgehead atoms. The van der Waals surface area contributed by atoms with Gasteiger partial charge >= 0.3 is 0 Å². The zero-order chi connectivity index (χ0) is 25.4. The molecule has 0 saturated carbocycles. The Morgan fingerprint density at radius 1 is 0.697 bits per heavy atom. The Morgan fingerprint density at radius 3 is 1.21 bits per heavy atom. The molecule has 0 atom stereocenters. The van der Waals surface area contributed by atoms with Crippen LogP contribution in [0.25, 0.3) is 0 Å². The van der Waals surface area contributed by atoms with E-state index in [0.29, 0.717) is 24.5 Å². The molecule has 0 rings (SSSR count). The number of rotatable bonds is 13. The SMILES string of the molecule is CC(/C=C(/C)[O-])=NCCN=C(C)/C=C(/C)[O-].COCCC[PH+](C)C.COCCC[PH+](C)C.[99Tc]. The van der Waals surface area contributed by atoms with Gasteiger partial charge in [0, 0.05) is 98.5 Å². The van der Waals surface area contributed by atoms with E-state index in [1.165, 1.54) is 51.2 Å². The van der Waals surface area contributed by atoms with Gasteiger partial charge in [-0.3, -0.25) is 9.98 Å². The van der Waals surface area contributed by atoms with Crippen molar-refractivity contribution in [2.45, 2.75) is 40.5 Å². The standard InChI is InChI=1S/C12H20N2O2.2C6H15OP.Tc/c1-9(7-11(3)15)13-5-6-14-10(2)8-12(4)16;2*1-7-5-4-6-8(2)3;/h7-8,15-16H,5-6H2,1-4H3;2*4-6H2,1-3H3;/b11-7-,12-8-,13-9?,14-10?;;;/i;;;1+1. The van der Waals surface area contributed by atoms with Crippen molar-refractivity contribution >= 4 is 27.3 Å². The maximum Gasteiger partial charge on any atom is 0.0588 e. The molecule has 33 heavy (non-hydrogen) atoms. The van der Waals surface area contributed by atoms with Crippen molar-refractivity contribution in [1.82, 2.24) is 0 Å². The first-order valence-corrected chi connectivity index (χ1v) is 16.7. The first-order valence-electron chi connectivity index (χ1n) is 11.2. The van der Waals surface area contributed by atoms with Crippen LogP contribution in [0.15, 0.2) is 33.7 Å². The van der Waals surface area contributed by atoms with Crippen molar-refractivity contribution in [1.29, 1.82) is 0 Å². The molecule has 0 aromatic rings. The second kappa shape index (κ2) is 29.9. The summed E-state index contributed by atoms with van der Waals surface area (Å²) in [5.41, 5.74) is 1.41. The Labute approximate surface area is 220 Å². The van der Waals surface area contributed by atoms with Crippen LogP contribution in [0.2, 0.25) is 0 Å². The first-order chi connectivity index (χ1) is 15.0. The number of methoxy groups -OCH3 is 2. The van der Waals surface area contributed by atoms with Crippen molar-refractivity contribution in [2.75, 3.05) is 79.5 Å². The third-order valence-electron chi connectivity index (χ3n) is 3.70. The van der Waals surface area contributed by atoms with Crippen LogP contribution in [0.5, 0.6) is 0 Å². The van der Waals surface area contributed by atoms with Gasteiger partial charge in [0.25, 0.3) is 0 Å². The average molecular weight is 592 g/mol. The van der Waals surface area contributed by atoms with Gasteiger partial charge in [0.05, 0.1) is 25.4 Å². The fourth-order valence-electron chi connectivity index (χ4n) is 2.27. The zero-order valence-corrected chi connectivity index (χ0v) is 26.6. The summed E-state index contributed by atoms with van der Waals surface area (Å²) in [6, 6.07) is 0. The van der Waals surface area contributed by atoms with E-state index in [1.807, 2.05) is 0 Å². The summed E-state index contributed by atoms with van der Waals surface area (Å²) in [7, 11) is 3.55. The Kier molecular flexibility index (Phi) is 36.3. The molecule has 197 valence electrons. The second-order valence-electron chi connectivity index (χ2n) is 8.16. The number of ether oxygens (including phenoxy) is 2. The number of hydrogen-bond donors (Lipinski definition) is 0. The third kappa shape index (κ3) is 46.0. The van der Waals surface area contributed by atoms with Crippen LogP contribution in [0.3, 0.4) is 0 Å². The Bertz CT molecular complexity index is 497. The molecular formula is C24H50N2O4P2Tc. The molecule has 0 saturated heterocycles. The van der Waals surface area contributed by atoms with Crippen LogP contribution in [-0.2, 0) is 29.6 Å². The normalized spacial score (nSPS) is 12.6. The van der Waals surface area contributed by atoms with Crippen LogP contribution in [0.4, 0.5) is 0 Å². The van der Waals surface area contributed by atoms with E-state index in [1.54, 1.807) is 28.1 Å². The summed E-state index contributed by atoms with van der Waals surface area (Å²) in [5, 5.41) is 21.4. The zero-order valence-electron chi connectivity index (χ0n) is 22.7. The predicted molar refractivity (Wildman–Crippen MR) is 147 cm³/mol. The van der Waals surface area contributed by atoms with E-state index in [2.05, 4.69) is 36.6 Å². The number of nitrogens with zero attached hydrogens (tertiary/aromatic N) is 2. The molecular weight excluding hydrogens is 541 g/mol. The number of aliphatic imine (C=N–C) groups is 2. The van der Waals surface area contributed by atoms with E-state index in [4.69, 9.17) is 9.47 Å². The molecule has 0 aliphatic heterocycles. The fourth-order valence-corrected chi connectivity index (χ4v) is 3.98. The van der Waals surface area contributed by atoms with E-state index >= 15 is 0 Å². The molecule has 0 N–H and O–H groups in total. The largest absolute Gasteiger partial charge is 0.876 e. The monoisotopic (exact) mass is 591 g/mol. The number of allylic oxidation sites excluding steroid dienone is 4. The third-order valence-corrected chi connectivity index (χ3v) is 6.40. The van der Waals surface area contributed by atoms with Gasteiger partial charge in [0.1, 0.15) is 0 Å². The van der Waals surface area contributed by atoms with Gasteiger partial charge in [-0.1, -0.05) is 26.0 Å². The van der Waals surface area contributed by atoms with E-state index < -0.39 is 0 Å². The van der Waals surface area contributed by atoms with Gasteiger partial charge in [-0.25, -0.2) is 0 Å². The van der Waals surface area contributed by atoms with Gasteiger partial charge in [-0.2, -0.15) is 0 Å². The van der Waals surface area contributed by atoms with E-state index in [-0.39, 0.29) is 47.5 Å². The van der Waals surface area contributed by atoms with E-state index in [0.717, 1.165) is 13.2 Å². The summed E-state index contributed by atoms with van der Waals surface area (Å²) >= 11 is 0. The molecule has 1 radical (unpaired) electrons. The smallest absolute Gasteiger partial charge is 0.0588 e. The van der Waals surface area contributed by atoms with Crippen LogP contribution in [0, 0.1) is 0 Å². The summed E-state index contributed by atoms with van der Waals surface area (Å²) < 4.78 is 9.82. The molecule has 9 heteroatoms. The minimum absolute atomic E-state index is 0. The second-order valence-corrected chi connectivity index (χ2v) is 14.0. The van der Waals surface area contributed by atoms with Crippen LogP contribution >= 0.6 is 15.8 Å². The Balaban J connectivity index is -0.000000209. The minimum atomic E-state index is -0.00848. The summed E-state index contributed by atoms with van der Waals surface area (Å²) in [5.74, 6) is -0.0170. The van der Waals surface area contributed by atoms with Crippen LogP contribution in [-0.4, -0.2) is 90.9 Å². The molecule has 0 aliphatic rings. The molecule has 0 spiro atoms. The number of hydrogen-bond acceptors (Lipinski definition) is 6. The first kappa shape index (κ1) is 40.0. The maximum atomic E-state index is 10.7. The van der Waals surface area contributed by atoms with Crippen molar-refractivity contribution in [3.8, 4) is 0 Å². The molecule has 0 amide bonds. The van der Waals surface area contributed by atoms with Gasteiger partial charge < -0.3 is 19.7 Å². The van der Waals surface area contributed by atoms with Gasteiger partial charge in [-0.05, 0) is 29.7 Å². The van der Waals surface area contributed by atoms with Gasteiger partial charge in [0.15, 0.2) is 0 Å². The fraction of sp³-hybridized carbons (Fsp3) is 0.750. The topological polar surface area (TPSA) is 89.3 Å². The molecule has 0 unspecified atom stereocenters. The molecule has 0 aromatic heterocycles. The van der Waals surface area contributed by atoms with Gasteiger partial charge in [-0.15, -0.1) is 11.5 Å². The van der Waals surface area contributed by atoms with E-state index in [9.17, 15) is 10.2 Å². The van der Waals surface area contributed by atoms with Gasteiger partial charge in [0.2, 0.25) is 0 Å². The molecule has 0 fully saturated rings. The van der Waals surface area contributed by atoms with Crippen molar-refractivity contribution in [2.24, 2.45) is 9.98 Å². The molecule has 0 heterocycles. The Morgan fingerprint density at radius 2 is 1.00 bits per heavy atom. The van der Waals surface area contributed by atoms with Crippen molar-refractivity contribution < 1.29 is 39.8 Å². The predicted octanol–water partition coefficient (Wildman–Crippen LogP) is 3.43. The summed E-state index contributed by atoms with van der Waals surface area (Å²) in [4.78, 5) is 8.30. The summed E-state index contributed by atoms with van der Waals surface area (Å²) in [6.07, 6.45) is 8.24. The van der Waals surface area contributed by atoms with Crippen molar-refractivity contribution in [3.63, 3.8) is 0 Å². The van der Waals surface area contributed by atoms with Crippen LogP contribution < -0.4 is 10.2 Å². The molecule has 0 aromatic carbocycles. The average Bonchev–Trinajstić information content (AvgIpc) is 2.65. The molecule has 0 aliphatic carbocycles.